The van der Waals surface area contributed by atoms with E-state index >= 15 is 0 Å². The SMILES string of the molecule is CN(C=O)SN(C)C(=O)F. The molecule has 0 N–H and O–H groups in total. The Balaban J connectivity index is 3.67. The predicted octanol–water partition coefficient (Wildman–Crippen LogP) is 0.659. The molecular weight excluding hydrogens is 159 g/mol. The van der Waals surface area contributed by atoms with Gasteiger partial charge in [-0.05, 0) is 0 Å². The maximum absolute atomic E-state index is 11.7. The highest BCUT2D eigenvalue weighted by atomic mass is 32.2. The molecule has 0 spiro atoms. The van der Waals surface area contributed by atoms with Crippen molar-refractivity contribution in [1.82, 2.24) is 8.61 Å². The molecule has 10 heavy (non-hydrogen) atoms. The molecule has 0 saturated heterocycles. The Morgan fingerprint density at radius 1 is 1.60 bits per heavy atom. The van der Waals surface area contributed by atoms with E-state index in [1.165, 1.54) is 14.1 Å². The molecule has 0 radical (unpaired) electrons. The van der Waals surface area contributed by atoms with E-state index in [2.05, 4.69) is 0 Å². The van der Waals surface area contributed by atoms with Gasteiger partial charge in [-0.3, -0.25) is 9.10 Å². The van der Waals surface area contributed by atoms with Crippen LogP contribution in [0, 0.1) is 0 Å². The summed E-state index contributed by atoms with van der Waals surface area (Å²) < 4.78 is 13.5. The molecule has 0 saturated carbocycles. The molecule has 0 aromatic heterocycles. The number of carbonyl (C=O) groups excluding carboxylic acids is 2. The highest BCUT2D eigenvalue weighted by Gasteiger charge is 2.08. The van der Waals surface area contributed by atoms with Crippen molar-refractivity contribution in [2.45, 2.75) is 0 Å². The summed E-state index contributed by atoms with van der Waals surface area (Å²) >= 11 is 0.682. The summed E-state index contributed by atoms with van der Waals surface area (Å²) in [7, 11) is 2.64. The topological polar surface area (TPSA) is 40.6 Å². The van der Waals surface area contributed by atoms with Crippen LogP contribution in [0.5, 0.6) is 0 Å². The average Bonchev–Trinajstić information content (AvgIpc) is 1.87. The molecule has 0 aliphatic rings. The van der Waals surface area contributed by atoms with Gasteiger partial charge >= 0.3 is 6.16 Å². The van der Waals surface area contributed by atoms with Crippen molar-refractivity contribution >= 4 is 24.7 Å². The molecule has 0 aliphatic carbocycles. The number of nitrogens with zero attached hydrogens (tertiary/aromatic N) is 2. The number of rotatable bonds is 3. The Labute approximate surface area is 62.2 Å². The summed E-state index contributed by atoms with van der Waals surface area (Å²) in [6.07, 6.45) is -1.11. The van der Waals surface area contributed by atoms with Gasteiger partial charge in [0.25, 0.3) is 0 Å². The van der Waals surface area contributed by atoms with Gasteiger partial charge < -0.3 is 0 Å². The highest BCUT2D eigenvalue weighted by molar-refractivity contribution is 7.95. The molecule has 0 aromatic carbocycles. The predicted molar refractivity (Wildman–Crippen MR) is 35.7 cm³/mol. The number of carbonyl (C=O) groups is 2. The molecule has 4 nitrogen and oxygen atoms in total. The standard InChI is InChI=1S/C4H7FN2O2S/c1-6(3-8)10-7(2)4(5)9/h3H,1-2H3. The quantitative estimate of drug-likeness (QED) is 0.267. The molecule has 0 unspecified atom stereocenters. The lowest BCUT2D eigenvalue weighted by Gasteiger charge is -2.14. The fourth-order valence-corrected chi connectivity index (χ4v) is 0.734. The van der Waals surface area contributed by atoms with Crippen molar-refractivity contribution in [2.75, 3.05) is 14.1 Å². The first-order valence-electron chi connectivity index (χ1n) is 2.37. The monoisotopic (exact) mass is 166 g/mol. The third-order valence-corrected chi connectivity index (χ3v) is 1.38. The summed E-state index contributed by atoms with van der Waals surface area (Å²) in [4.78, 5) is 19.8. The highest BCUT2D eigenvalue weighted by Crippen LogP contribution is 2.09. The second kappa shape index (κ2) is 4.10. The van der Waals surface area contributed by atoms with E-state index in [4.69, 9.17) is 0 Å². The molecule has 0 rings (SSSR count). The number of hydrogen-bond acceptors (Lipinski definition) is 3. The Morgan fingerprint density at radius 3 is 2.40 bits per heavy atom. The molecule has 0 fully saturated rings. The van der Waals surface area contributed by atoms with Crippen LogP contribution in [0.2, 0.25) is 0 Å². The smallest absolute Gasteiger partial charge is 0.278 e. The van der Waals surface area contributed by atoms with Crippen LogP contribution in [0.4, 0.5) is 9.18 Å². The van der Waals surface area contributed by atoms with Gasteiger partial charge in [0.1, 0.15) is 0 Å². The van der Waals surface area contributed by atoms with Gasteiger partial charge in [-0.15, -0.1) is 4.39 Å². The maximum atomic E-state index is 11.7. The summed E-state index contributed by atoms with van der Waals surface area (Å²) in [5, 5.41) is 0. The van der Waals surface area contributed by atoms with Crippen LogP contribution >= 0.6 is 12.1 Å². The zero-order valence-electron chi connectivity index (χ0n) is 5.57. The van der Waals surface area contributed by atoms with E-state index in [9.17, 15) is 14.0 Å². The van der Waals surface area contributed by atoms with Crippen molar-refractivity contribution in [3.05, 3.63) is 0 Å². The van der Waals surface area contributed by atoms with Crippen LogP contribution in [0.15, 0.2) is 0 Å². The van der Waals surface area contributed by atoms with E-state index in [0.717, 1.165) is 4.31 Å². The summed E-state index contributed by atoms with van der Waals surface area (Å²) in [5.41, 5.74) is 0. The van der Waals surface area contributed by atoms with Gasteiger partial charge in [0.2, 0.25) is 6.41 Å². The molecular formula is C4H7FN2O2S. The Hall–Kier alpha value is -0.780. The summed E-state index contributed by atoms with van der Waals surface area (Å²) in [6, 6.07) is 0. The lowest BCUT2D eigenvalue weighted by atomic mass is 11.2. The van der Waals surface area contributed by atoms with Gasteiger partial charge in [-0.1, -0.05) is 0 Å². The largest absolute Gasteiger partial charge is 0.411 e. The molecule has 58 valence electrons. The first-order chi connectivity index (χ1) is 4.57. The van der Waals surface area contributed by atoms with Crippen LogP contribution in [0.25, 0.3) is 0 Å². The molecule has 2 amide bonds. The third-order valence-electron chi connectivity index (χ3n) is 0.647. The van der Waals surface area contributed by atoms with Gasteiger partial charge in [0.15, 0.2) is 0 Å². The number of hydrogen-bond donors (Lipinski definition) is 0. The second-order valence-corrected chi connectivity index (χ2v) is 2.77. The minimum atomic E-state index is -1.58. The van der Waals surface area contributed by atoms with Crippen molar-refractivity contribution in [3.63, 3.8) is 0 Å². The van der Waals surface area contributed by atoms with E-state index in [1.54, 1.807) is 0 Å². The minimum Gasteiger partial charge on any atom is -0.278 e. The van der Waals surface area contributed by atoms with Crippen molar-refractivity contribution < 1.29 is 14.0 Å². The van der Waals surface area contributed by atoms with Crippen LogP contribution in [-0.4, -0.2) is 35.3 Å². The Kier molecular flexibility index (Phi) is 3.78. The molecule has 6 heteroatoms. The number of halogens is 1. The Morgan fingerprint density at radius 2 is 2.10 bits per heavy atom. The van der Waals surface area contributed by atoms with Crippen molar-refractivity contribution in [1.29, 1.82) is 0 Å². The zero-order chi connectivity index (χ0) is 8.15. The molecule has 0 atom stereocenters. The molecule has 0 aromatic rings. The zero-order valence-corrected chi connectivity index (χ0v) is 6.39. The van der Waals surface area contributed by atoms with Gasteiger partial charge in [0, 0.05) is 14.1 Å². The van der Waals surface area contributed by atoms with Crippen LogP contribution in [-0.2, 0) is 4.79 Å². The van der Waals surface area contributed by atoms with E-state index in [0.29, 0.717) is 22.8 Å². The molecule has 0 heterocycles. The van der Waals surface area contributed by atoms with E-state index < -0.39 is 6.16 Å². The normalized spacial score (nSPS) is 8.70. The van der Waals surface area contributed by atoms with Crippen molar-refractivity contribution in [2.24, 2.45) is 0 Å². The van der Waals surface area contributed by atoms with Gasteiger partial charge in [-0.2, -0.15) is 0 Å². The van der Waals surface area contributed by atoms with Crippen LogP contribution in [0.1, 0.15) is 0 Å². The lowest BCUT2D eigenvalue weighted by molar-refractivity contribution is -0.113. The Bertz CT molecular complexity index is 143. The average molecular weight is 166 g/mol. The number of amides is 2. The second-order valence-electron chi connectivity index (χ2n) is 1.48. The fourth-order valence-electron chi connectivity index (χ4n) is 0.245. The maximum Gasteiger partial charge on any atom is 0.411 e. The summed E-state index contributed by atoms with van der Waals surface area (Å²) in [5.74, 6) is 0. The van der Waals surface area contributed by atoms with Crippen LogP contribution < -0.4 is 0 Å². The summed E-state index contributed by atoms with van der Waals surface area (Å²) in [6.45, 7) is 0. The van der Waals surface area contributed by atoms with E-state index in [1.807, 2.05) is 0 Å². The van der Waals surface area contributed by atoms with Crippen molar-refractivity contribution in [3.8, 4) is 0 Å². The minimum absolute atomic E-state index is 0.476. The first kappa shape index (κ1) is 9.22. The van der Waals surface area contributed by atoms with Crippen LogP contribution in [0.3, 0.4) is 0 Å². The van der Waals surface area contributed by atoms with E-state index in [-0.39, 0.29) is 0 Å². The first-order valence-corrected chi connectivity index (χ1v) is 3.10. The third kappa shape index (κ3) is 3.29. The molecule has 0 aliphatic heterocycles. The molecule has 0 bridgehead atoms. The fraction of sp³-hybridized carbons (Fsp3) is 0.500. The lowest BCUT2D eigenvalue weighted by Crippen LogP contribution is -2.20. The van der Waals surface area contributed by atoms with Gasteiger partial charge in [0.05, 0.1) is 12.1 Å². The van der Waals surface area contributed by atoms with Gasteiger partial charge in [-0.25, -0.2) is 9.10 Å².